The van der Waals surface area contributed by atoms with Gasteiger partial charge in [0.05, 0.1) is 16.8 Å². The number of aromatic nitrogens is 1. The minimum absolute atomic E-state index is 0. The second kappa shape index (κ2) is 6.06. The second-order valence-corrected chi connectivity index (χ2v) is 7.96. The van der Waals surface area contributed by atoms with Crippen LogP contribution < -0.4 is 5.32 Å². The van der Waals surface area contributed by atoms with Crippen LogP contribution in [0.15, 0.2) is 29.3 Å². The zero-order valence-corrected chi connectivity index (χ0v) is 17.4. The fraction of sp³-hybridized carbons (Fsp3) is 0.444. The monoisotopic (exact) mass is 539 g/mol. The molecule has 136 valence electrons. The first-order chi connectivity index (χ1) is 10.8. The van der Waals surface area contributed by atoms with Crippen molar-refractivity contribution in [2.45, 2.75) is 24.0 Å². The van der Waals surface area contributed by atoms with Crippen LogP contribution in [0.2, 0.25) is 0 Å². The Balaban J connectivity index is 0.000000607. The van der Waals surface area contributed by atoms with E-state index in [1.807, 2.05) is 18.2 Å². The van der Waals surface area contributed by atoms with Gasteiger partial charge in [0.2, 0.25) is 0 Å². The smallest absolute Gasteiger partial charge is 0.455 e. The molecule has 1 saturated carbocycles. The average Bonchev–Trinajstić information content (AvgIpc) is 2.95. The summed E-state index contributed by atoms with van der Waals surface area (Å²) in [6, 6.07) is 8.83. The molecule has 2 aromatic rings. The van der Waals surface area contributed by atoms with Crippen LogP contribution in [0.5, 0.6) is 0 Å². The average molecular weight is 539 g/mol. The van der Waals surface area contributed by atoms with Crippen molar-refractivity contribution in [3.63, 3.8) is 0 Å². The Morgan fingerprint density at radius 1 is 1.28 bits per heavy atom. The molecule has 4 aliphatic rings. The van der Waals surface area contributed by atoms with Gasteiger partial charge in [0.25, 0.3) is 6.02 Å². The number of piperidine rings is 1. The van der Waals surface area contributed by atoms with Gasteiger partial charge < -0.3 is 19.6 Å². The normalized spacial score (nSPS) is 33.8. The number of para-hydroxylation sites is 1. The van der Waals surface area contributed by atoms with Gasteiger partial charge in [-0.05, 0) is 25.0 Å². The number of aliphatic imine (C=N–C) groups is 1. The van der Waals surface area contributed by atoms with Gasteiger partial charge in [-0.1, -0.05) is 23.5 Å². The molecule has 25 heavy (non-hydrogen) atoms. The van der Waals surface area contributed by atoms with Crippen molar-refractivity contribution < 1.29 is 27.1 Å². The van der Waals surface area contributed by atoms with Crippen LogP contribution in [0.4, 0.5) is 5.13 Å². The van der Waals surface area contributed by atoms with Gasteiger partial charge in [0, 0.05) is 24.5 Å². The molecule has 3 atom stereocenters. The molecule has 2 saturated heterocycles. The molecule has 0 radical (unpaired) electrons. The van der Waals surface area contributed by atoms with E-state index in [0.29, 0.717) is 17.5 Å². The third-order valence-electron chi connectivity index (χ3n) is 5.88. The molecule has 7 heteroatoms. The van der Waals surface area contributed by atoms with E-state index in [9.17, 15) is 0 Å². The fourth-order valence-electron chi connectivity index (χ4n) is 4.63. The summed E-state index contributed by atoms with van der Waals surface area (Å²) in [5, 5.41) is 4.15. The fourth-order valence-corrected chi connectivity index (χ4v) is 5.49. The molecule has 4 heterocycles. The third kappa shape index (κ3) is 2.42. The van der Waals surface area contributed by atoms with E-state index in [1.54, 1.807) is 11.3 Å². The zero-order valence-electron chi connectivity index (χ0n) is 14.4. The summed E-state index contributed by atoms with van der Waals surface area (Å²) < 4.78 is 7.49. The first-order valence-electron chi connectivity index (χ1n) is 7.89. The quantitative estimate of drug-likeness (QED) is 0.447. The van der Waals surface area contributed by atoms with Gasteiger partial charge in [-0.25, -0.2) is 9.98 Å². The zero-order chi connectivity index (χ0) is 14.4. The van der Waals surface area contributed by atoms with E-state index >= 15 is 0 Å². The molecule has 2 spiro atoms. The van der Waals surface area contributed by atoms with E-state index in [1.165, 1.54) is 24.1 Å². The van der Waals surface area contributed by atoms with Crippen molar-refractivity contribution in [3.8, 4) is 0 Å². The van der Waals surface area contributed by atoms with Crippen LogP contribution in [-0.2, 0) is 27.1 Å². The van der Waals surface area contributed by atoms with E-state index < -0.39 is 0 Å². The Hall–Kier alpha value is -0.920. The van der Waals surface area contributed by atoms with Crippen molar-refractivity contribution in [1.29, 1.82) is 0 Å². The molecule has 6 rings (SSSR count). The SMILES string of the molecule is [Au+3].[CH3-].[CH3-].c1ccc2sc(NC3=NCC4(CN5CCC56CC46)O3)nc2c1. The summed E-state index contributed by atoms with van der Waals surface area (Å²) in [5.74, 6) is 0.687. The number of nitrogens with one attached hydrogen (secondary N) is 1. The molecule has 3 unspecified atom stereocenters. The Morgan fingerprint density at radius 3 is 2.76 bits per heavy atom. The van der Waals surface area contributed by atoms with Gasteiger partial charge in [-0.2, -0.15) is 0 Å². The summed E-state index contributed by atoms with van der Waals surface area (Å²) in [4.78, 5) is 11.8. The summed E-state index contributed by atoms with van der Waals surface area (Å²) in [6.45, 7) is 3.08. The van der Waals surface area contributed by atoms with Crippen molar-refractivity contribution in [3.05, 3.63) is 39.1 Å². The molecule has 1 aromatic heterocycles. The predicted molar refractivity (Wildman–Crippen MR) is 99.2 cm³/mol. The number of ether oxygens (including phenoxy) is 1. The molecule has 1 N–H and O–H groups in total. The molecular weight excluding hydrogens is 517 g/mol. The van der Waals surface area contributed by atoms with E-state index in [0.717, 1.165) is 23.7 Å². The minimum Gasteiger partial charge on any atom is -0.455 e. The molecule has 1 aromatic carbocycles. The summed E-state index contributed by atoms with van der Waals surface area (Å²) in [7, 11) is 0. The third-order valence-corrected chi connectivity index (χ3v) is 6.83. The van der Waals surface area contributed by atoms with Crippen molar-refractivity contribution >= 4 is 32.7 Å². The van der Waals surface area contributed by atoms with Gasteiger partial charge in [0.15, 0.2) is 5.13 Å². The number of benzene rings is 1. The second-order valence-electron chi connectivity index (χ2n) is 6.93. The Kier molecular flexibility index (Phi) is 4.57. The van der Waals surface area contributed by atoms with Crippen LogP contribution in [-0.4, -0.2) is 46.7 Å². The molecule has 3 aliphatic heterocycles. The maximum atomic E-state index is 6.30. The molecule has 5 nitrogen and oxygen atoms in total. The van der Waals surface area contributed by atoms with Crippen LogP contribution >= 0.6 is 11.3 Å². The molecule has 0 bridgehead atoms. The van der Waals surface area contributed by atoms with Gasteiger partial charge >= 0.3 is 22.4 Å². The largest absolute Gasteiger partial charge is 3.00 e. The maximum absolute atomic E-state index is 6.30. The number of fused-ring (bicyclic) bond motifs is 2. The van der Waals surface area contributed by atoms with Crippen LogP contribution in [0, 0.1) is 20.8 Å². The number of thiazole rings is 1. The van der Waals surface area contributed by atoms with Crippen molar-refractivity contribution in [1.82, 2.24) is 9.88 Å². The summed E-state index contributed by atoms with van der Waals surface area (Å²) in [6.07, 6.45) is 2.65. The number of hydrogen-bond donors (Lipinski definition) is 1. The standard InChI is InChI=1S/C16H16N4OS.2CH3.Au/c1-2-4-11-10(3-1)18-14(22-11)19-13-17-8-16(21-13)9-20-6-5-15(20)7-12(15)16;;;/h1-4,12H,5-9H2,(H,17,18,19);2*1H3;/q;2*-1;+3. The number of amidine groups is 1. The molecule has 3 fully saturated rings. The number of nitrogens with zero attached hydrogens (tertiary/aromatic N) is 3. The van der Waals surface area contributed by atoms with E-state index in [2.05, 4.69) is 26.3 Å². The molecule has 0 amide bonds. The first kappa shape index (κ1) is 18.9. The topological polar surface area (TPSA) is 49.8 Å². The van der Waals surface area contributed by atoms with Crippen LogP contribution in [0.25, 0.3) is 10.2 Å². The Bertz CT molecular complexity index is 806. The summed E-state index contributed by atoms with van der Waals surface area (Å²) >= 11 is 1.64. The van der Waals surface area contributed by atoms with E-state index in [4.69, 9.17) is 4.74 Å². The maximum Gasteiger partial charge on any atom is 3.00 e. The van der Waals surface area contributed by atoms with Crippen molar-refractivity contribution in [2.75, 3.05) is 25.0 Å². The van der Waals surface area contributed by atoms with Gasteiger partial charge in [-0.3, -0.25) is 10.2 Å². The Labute approximate surface area is 168 Å². The molecule has 1 aliphatic carbocycles. The first-order valence-corrected chi connectivity index (χ1v) is 8.70. The van der Waals surface area contributed by atoms with Gasteiger partial charge in [-0.15, -0.1) is 0 Å². The number of hydrogen-bond acceptors (Lipinski definition) is 6. The van der Waals surface area contributed by atoms with Crippen molar-refractivity contribution in [2.24, 2.45) is 10.9 Å². The van der Waals surface area contributed by atoms with Crippen LogP contribution in [0.1, 0.15) is 12.8 Å². The minimum atomic E-state index is -0.0600. The van der Waals surface area contributed by atoms with Crippen LogP contribution in [0.3, 0.4) is 0 Å². The predicted octanol–water partition coefficient (Wildman–Crippen LogP) is 3.21. The Morgan fingerprint density at radius 2 is 2.12 bits per heavy atom. The molecular formula is C18H22AuN4OS+. The number of rotatable bonds is 1. The van der Waals surface area contributed by atoms with E-state index in [-0.39, 0.29) is 42.8 Å². The van der Waals surface area contributed by atoms with Gasteiger partial charge in [0.1, 0.15) is 5.60 Å². The summed E-state index contributed by atoms with van der Waals surface area (Å²) in [5.41, 5.74) is 1.46. The number of anilines is 1.